The van der Waals surface area contributed by atoms with Crippen LogP contribution < -0.4 is 10.2 Å². The Morgan fingerprint density at radius 2 is 2.35 bits per heavy atom. The van der Waals surface area contributed by atoms with E-state index >= 15 is 0 Å². The smallest absolute Gasteiger partial charge is 0.254 e. The van der Waals surface area contributed by atoms with Crippen molar-refractivity contribution in [3.8, 4) is 0 Å². The van der Waals surface area contributed by atoms with Crippen LogP contribution in [0.1, 0.15) is 23.2 Å². The van der Waals surface area contributed by atoms with Crippen molar-refractivity contribution in [2.75, 3.05) is 18.0 Å². The summed E-state index contributed by atoms with van der Waals surface area (Å²) in [5.41, 5.74) is 0.557. The number of H-pyrrole nitrogens is 1. The Hall–Kier alpha value is -2.44. The number of rotatable bonds is 3. The average molecular weight is 272 g/mol. The Morgan fingerprint density at radius 1 is 1.40 bits per heavy atom. The summed E-state index contributed by atoms with van der Waals surface area (Å²) in [5.74, 6) is 0.763. The van der Waals surface area contributed by atoms with Crippen molar-refractivity contribution < 1.29 is 4.79 Å². The van der Waals surface area contributed by atoms with Crippen LogP contribution in [-0.4, -0.2) is 45.2 Å². The van der Waals surface area contributed by atoms with Gasteiger partial charge >= 0.3 is 0 Å². The minimum atomic E-state index is -0.0928. The topological polar surface area (TPSA) is 86.8 Å². The van der Waals surface area contributed by atoms with E-state index in [0.29, 0.717) is 5.56 Å². The lowest BCUT2D eigenvalue weighted by atomic mass is 10.1. The summed E-state index contributed by atoms with van der Waals surface area (Å²) in [6, 6.07) is 0.119. The van der Waals surface area contributed by atoms with Crippen molar-refractivity contribution in [1.82, 2.24) is 25.5 Å². The maximum atomic E-state index is 12.0. The van der Waals surface area contributed by atoms with E-state index in [-0.39, 0.29) is 11.9 Å². The molecular weight excluding hydrogens is 256 g/mol. The van der Waals surface area contributed by atoms with E-state index in [4.69, 9.17) is 0 Å². The summed E-state index contributed by atoms with van der Waals surface area (Å²) in [6.07, 6.45) is 10.2. The molecule has 1 unspecified atom stereocenters. The fraction of sp³-hybridized carbons (Fsp3) is 0.385. The minimum absolute atomic E-state index is 0.0928. The van der Waals surface area contributed by atoms with Crippen molar-refractivity contribution in [3.05, 3.63) is 36.5 Å². The maximum absolute atomic E-state index is 12.0. The summed E-state index contributed by atoms with van der Waals surface area (Å²) in [4.78, 5) is 22.5. The van der Waals surface area contributed by atoms with Gasteiger partial charge in [-0.25, -0.2) is 4.98 Å². The summed E-state index contributed by atoms with van der Waals surface area (Å²) in [7, 11) is 0. The summed E-state index contributed by atoms with van der Waals surface area (Å²) >= 11 is 0. The zero-order valence-electron chi connectivity index (χ0n) is 11.0. The van der Waals surface area contributed by atoms with Crippen molar-refractivity contribution in [2.24, 2.45) is 0 Å². The minimum Gasteiger partial charge on any atom is -0.353 e. The maximum Gasteiger partial charge on any atom is 0.254 e. The van der Waals surface area contributed by atoms with Gasteiger partial charge in [-0.1, -0.05) is 0 Å². The van der Waals surface area contributed by atoms with E-state index in [9.17, 15) is 4.79 Å². The van der Waals surface area contributed by atoms with Crippen LogP contribution in [0.5, 0.6) is 0 Å². The number of piperidine rings is 1. The third kappa shape index (κ3) is 2.76. The summed E-state index contributed by atoms with van der Waals surface area (Å²) in [6.45, 7) is 1.69. The number of amides is 1. The quantitative estimate of drug-likeness (QED) is 0.854. The molecule has 0 radical (unpaired) electrons. The molecule has 0 aliphatic carbocycles. The molecule has 0 spiro atoms. The molecule has 3 rings (SSSR count). The second-order valence-electron chi connectivity index (χ2n) is 4.81. The van der Waals surface area contributed by atoms with Crippen LogP contribution in [0, 0.1) is 0 Å². The van der Waals surface area contributed by atoms with Gasteiger partial charge in [0.2, 0.25) is 0 Å². The lowest BCUT2D eigenvalue weighted by molar-refractivity contribution is 0.0933. The van der Waals surface area contributed by atoms with Gasteiger partial charge in [0.25, 0.3) is 5.91 Å². The fourth-order valence-corrected chi connectivity index (χ4v) is 2.40. The zero-order valence-corrected chi connectivity index (χ0v) is 11.0. The number of carbonyl (C=O) groups is 1. The Bertz CT molecular complexity index is 556. The summed E-state index contributed by atoms with van der Waals surface area (Å²) < 4.78 is 0. The van der Waals surface area contributed by atoms with Crippen LogP contribution in [-0.2, 0) is 0 Å². The third-order valence-corrected chi connectivity index (χ3v) is 3.39. The van der Waals surface area contributed by atoms with Crippen LogP contribution in [0.2, 0.25) is 0 Å². The first-order valence-corrected chi connectivity index (χ1v) is 6.63. The number of nitrogens with zero attached hydrogens (tertiary/aromatic N) is 4. The predicted octanol–water partition coefficient (Wildman–Crippen LogP) is 0.598. The monoisotopic (exact) mass is 272 g/mol. The highest BCUT2D eigenvalue weighted by atomic mass is 16.1. The first kappa shape index (κ1) is 12.6. The van der Waals surface area contributed by atoms with Gasteiger partial charge in [-0.2, -0.15) is 5.10 Å². The van der Waals surface area contributed by atoms with Gasteiger partial charge in [-0.3, -0.25) is 14.9 Å². The van der Waals surface area contributed by atoms with Crippen LogP contribution in [0.4, 0.5) is 5.82 Å². The van der Waals surface area contributed by atoms with Gasteiger partial charge in [0, 0.05) is 37.7 Å². The number of carbonyl (C=O) groups excluding carboxylic acids is 1. The number of anilines is 1. The average Bonchev–Trinajstić information content (AvgIpc) is 3.03. The Labute approximate surface area is 116 Å². The van der Waals surface area contributed by atoms with Crippen LogP contribution in [0.3, 0.4) is 0 Å². The molecule has 1 amide bonds. The number of nitrogens with one attached hydrogen (secondary N) is 2. The molecule has 1 saturated heterocycles. The lowest BCUT2D eigenvalue weighted by Gasteiger charge is -2.33. The molecule has 7 heteroatoms. The molecule has 1 aliphatic rings. The molecular formula is C13H16N6O. The van der Waals surface area contributed by atoms with Gasteiger partial charge in [0.15, 0.2) is 0 Å². The standard InChI is InChI=1S/C13H16N6O/c20-13(10-6-16-17-7-10)18-11-2-1-5-19(9-11)12-8-14-3-4-15-12/h3-4,6-8,11H,1-2,5,9H2,(H,16,17)(H,18,20). The number of hydrogen-bond donors (Lipinski definition) is 2. The highest BCUT2D eigenvalue weighted by Crippen LogP contribution is 2.16. The Kier molecular flexibility index (Phi) is 3.58. The molecule has 1 aliphatic heterocycles. The SMILES string of the molecule is O=C(NC1CCCN(c2cnccn2)C1)c1cn[nH]c1. The van der Waals surface area contributed by atoms with Gasteiger partial charge in [0.05, 0.1) is 18.0 Å². The zero-order chi connectivity index (χ0) is 13.8. The first-order valence-electron chi connectivity index (χ1n) is 6.63. The first-order chi connectivity index (χ1) is 9.83. The van der Waals surface area contributed by atoms with Gasteiger partial charge in [-0.15, -0.1) is 0 Å². The fourth-order valence-electron chi connectivity index (χ4n) is 2.40. The second kappa shape index (κ2) is 5.68. The van der Waals surface area contributed by atoms with E-state index in [0.717, 1.165) is 31.7 Å². The largest absolute Gasteiger partial charge is 0.353 e. The molecule has 3 heterocycles. The lowest BCUT2D eigenvalue weighted by Crippen LogP contribution is -2.48. The van der Waals surface area contributed by atoms with Crippen LogP contribution in [0.15, 0.2) is 31.0 Å². The number of aromatic amines is 1. The van der Waals surface area contributed by atoms with E-state index in [1.807, 2.05) is 0 Å². The molecule has 0 saturated carbocycles. The molecule has 1 atom stereocenters. The third-order valence-electron chi connectivity index (χ3n) is 3.39. The van der Waals surface area contributed by atoms with Gasteiger partial charge in [-0.05, 0) is 12.8 Å². The van der Waals surface area contributed by atoms with Crippen molar-refractivity contribution in [3.63, 3.8) is 0 Å². The molecule has 2 aromatic heterocycles. The molecule has 104 valence electrons. The highest BCUT2D eigenvalue weighted by molar-refractivity contribution is 5.93. The summed E-state index contributed by atoms with van der Waals surface area (Å²) in [5, 5.41) is 9.46. The van der Waals surface area contributed by atoms with Gasteiger partial charge in [0.1, 0.15) is 5.82 Å². The van der Waals surface area contributed by atoms with Crippen molar-refractivity contribution >= 4 is 11.7 Å². The Morgan fingerprint density at radius 3 is 3.10 bits per heavy atom. The van der Waals surface area contributed by atoms with E-state index in [1.54, 1.807) is 24.8 Å². The van der Waals surface area contributed by atoms with E-state index in [2.05, 4.69) is 30.4 Å². The van der Waals surface area contributed by atoms with Crippen molar-refractivity contribution in [1.29, 1.82) is 0 Å². The molecule has 20 heavy (non-hydrogen) atoms. The van der Waals surface area contributed by atoms with Gasteiger partial charge < -0.3 is 10.2 Å². The normalized spacial score (nSPS) is 18.8. The van der Waals surface area contributed by atoms with Crippen molar-refractivity contribution in [2.45, 2.75) is 18.9 Å². The molecule has 7 nitrogen and oxygen atoms in total. The highest BCUT2D eigenvalue weighted by Gasteiger charge is 2.22. The molecule has 2 N–H and O–H groups in total. The molecule has 0 aromatic carbocycles. The second-order valence-corrected chi connectivity index (χ2v) is 4.81. The van der Waals surface area contributed by atoms with E-state index in [1.165, 1.54) is 6.20 Å². The van der Waals surface area contributed by atoms with E-state index < -0.39 is 0 Å². The predicted molar refractivity (Wildman–Crippen MR) is 73.3 cm³/mol. The van der Waals surface area contributed by atoms with Crippen LogP contribution >= 0.6 is 0 Å². The number of aromatic nitrogens is 4. The molecule has 0 bridgehead atoms. The molecule has 1 fully saturated rings. The van der Waals surface area contributed by atoms with Crippen LogP contribution in [0.25, 0.3) is 0 Å². The molecule has 2 aromatic rings. The number of hydrogen-bond acceptors (Lipinski definition) is 5. The Balaban J connectivity index is 1.62.